The van der Waals surface area contributed by atoms with Gasteiger partial charge in [-0.1, -0.05) is 55.0 Å². The average molecular weight is 238 g/mol. The van der Waals surface area contributed by atoms with Crippen molar-refractivity contribution in [2.24, 2.45) is 0 Å². The van der Waals surface area contributed by atoms with Crippen molar-refractivity contribution in [1.82, 2.24) is 0 Å². The number of benzene rings is 2. The molecule has 0 amide bonds. The molecule has 0 radical (unpaired) electrons. The summed E-state index contributed by atoms with van der Waals surface area (Å²) in [7, 11) is 0. The van der Waals surface area contributed by atoms with Crippen LogP contribution in [0, 0.1) is 20.8 Å². The number of rotatable bonds is 3. The number of aryl methyl sites for hydroxylation is 3. The van der Waals surface area contributed by atoms with Gasteiger partial charge in [-0.3, -0.25) is 0 Å². The van der Waals surface area contributed by atoms with Gasteiger partial charge in [0.25, 0.3) is 0 Å². The van der Waals surface area contributed by atoms with E-state index in [4.69, 9.17) is 0 Å². The molecule has 0 aromatic heterocycles. The van der Waals surface area contributed by atoms with Crippen LogP contribution >= 0.6 is 0 Å². The van der Waals surface area contributed by atoms with Crippen molar-refractivity contribution in [2.45, 2.75) is 40.0 Å². The molecular formula is C18H22. The molecule has 0 aliphatic heterocycles. The first-order valence-electron chi connectivity index (χ1n) is 6.76. The molecule has 0 saturated carbocycles. The van der Waals surface area contributed by atoms with Crippen molar-refractivity contribution >= 4 is 0 Å². The Morgan fingerprint density at radius 2 is 1.44 bits per heavy atom. The summed E-state index contributed by atoms with van der Waals surface area (Å²) in [5.74, 6) is 0.520. The van der Waals surface area contributed by atoms with E-state index in [1.807, 2.05) is 0 Å². The van der Waals surface area contributed by atoms with Crippen LogP contribution in [0.5, 0.6) is 0 Å². The molecule has 0 bridgehead atoms. The average Bonchev–Trinajstić information content (AvgIpc) is 2.34. The lowest BCUT2D eigenvalue weighted by atomic mass is 9.83. The minimum Gasteiger partial charge on any atom is -0.0645 e. The van der Waals surface area contributed by atoms with E-state index in [2.05, 4.69) is 70.2 Å². The second-order valence-corrected chi connectivity index (χ2v) is 5.18. The highest BCUT2D eigenvalue weighted by molar-refractivity contribution is 5.44. The van der Waals surface area contributed by atoms with E-state index in [0.29, 0.717) is 5.92 Å². The zero-order chi connectivity index (χ0) is 13.1. The second kappa shape index (κ2) is 5.39. The summed E-state index contributed by atoms with van der Waals surface area (Å²) in [6, 6.07) is 15.4. The van der Waals surface area contributed by atoms with Gasteiger partial charge in [-0.15, -0.1) is 0 Å². The fourth-order valence-electron chi connectivity index (χ4n) is 3.03. The van der Waals surface area contributed by atoms with E-state index < -0.39 is 0 Å². The van der Waals surface area contributed by atoms with Crippen LogP contribution in [0.4, 0.5) is 0 Å². The van der Waals surface area contributed by atoms with Gasteiger partial charge in [0.15, 0.2) is 0 Å². The quantitative estimate of drug-likeness (QED) is 0.693. The fourth-order valence-corrected chi connectivity index (χ4v) is 3.03. The van der Waals surface area contributed by atoms with Gasteiger partial charge in [0.2, 0.25) is 0 Å². The Bertz CT molecular complexity index is 500. The van der Waals surface area contributed by atoms with Crippen LogP contribution < -0.4 is 0 Å². The van der Waals surface area contributed by atoms with Gasteiger partial charge < -0.3 is 0 Å². The molecule has 0 saturated heterocycles. The number of hydrogen-bond donors (Lipinski definition) is 0. The van der Waals surface area contributed by atoms with E-state index in [1.54, 1.807) is 0 Å². The highest BCUT2D eigenvalue weighted by Crippen LogP contribution is 2.32. The van der Waals surface area contributed by atoms with Crippen LogP contribution in [-0.2, 0) is 0 Å². The highest BCUT2D eigenvalue weighted by Gasteiger charge is 2.16. The van der Waals surface area contributed by atoms with Gasteiger partial charge in [0.1, 0.15) is 0 Å². The molecule has 0 heteroatoms. The first-order chi connectivity index (χ1) is 8.63. The molecule has 94 valence electrons. The van der Waals surface area contributed by atoms with E-state index in [-0.39, 0.29) is 0 Å². The van der Waals surface area contributed by atoms with Crippen LogP contribution in [0.15, 0.2) is 42.5 Å². The van der Waals surface area contributed by atoms with Crippen molar-refractivity contribution in [3.05, 3.63) is 70.3 Å². The first-order valence-corrected chi connectivity index (χ1v) is 6.76. The lowest BCUT2D eigenvalue weighted by molar-refractivity contribution is 0.764. The molecule has 0 aliphatic rings. The molecule has 2 aromatic rings. The Morgan fingerprint density at radius 3 is 1.94 bits per heavy atom. The lowest BCUT2D eigenvalue weighted by Gasteiger charge is -2.21. The van der Waals surface area contributed by atoms with Crippen molar-refractivity contribution in [3.8, 4) is 0 Å². The molecule has 1 unspecified atom stereocenters. The summed E-state index contributed by atoms with van der Waals surface area (Å²) in [4.78, 5) is 0. The summed E-state index contributed by atoms with van der Waals surface area (Å²) < 4.78 is 0. The minimum atomic E-state index is 0.520. The van der Waals surface area contributed by atoms with Gasteiger partial charge in [-0.25, -0.2) is 0 Å². The van der Waals surface area contributed by atoms with Gasteiger partial charge in [-0.2, -0.15) is 0 Å². The molecule has 2 aromatic carbocycles. The molecule has 2 rings (SSSR count). The molecule has 1 atom stereocenters. The second-order valence-electron chi connectivity index (χ2n) is 5.18. The molecule has 0 fully saturated rings. The SMILES string of the molecule is CCC(c1ccccc1)c1c(C)cc(C)cc1C. The van der Waals surface area contributed by atoms with Crippen molar-refractivity contribution in [1.29, 1.82) is 0 Å². The Kier molecular flexibility index (Phi) is 3.86. The Balaban J connectivity index is 2.52. The van der Waals surface area contributed by atoms with Crippen molar-refractivity contribution < 1.29 is 0 Å². The summed E-state index contributed by atoms with van der Waals surface area (Å²) in [6.45, 7) is 8.92. The van der Waals surface area contributed by atoms with Gasteiger partial charge >= 0.3 is 0 Å². The predicted molar refractivity (Wildman–Crippen MR) is 79.2 cm³/mol. The van der Waals surface area contributed by atoms with E-state index in [0.717, 1.165) is 6.42 Å². The Morgan fingerprint density at radius 1 is 0.889 bits per heavy atom. The van der Waals surface area contributed by atoms with E-state index >= 15 is 0 Å². The zero-order valence-corrected chi connectivity index (χ0v) is 11.8. The van der Waals surface area contributed by atoms with Crippen LogP contribution in [0.25, 0.3) is 0 Å². The Labute approximate surface area is 111 Å². The predicted octanol–water partition coefficient (Wildman–Crippen LogP) is 5.15. The first kappa shape index (κ1) is 12.9. The minimum absolute atomic E-state index is 0.520. The molecule has 0 nitrogen and oxygen atoms in total. The smallest absolute Gasteiger partial charge is 0.00919 e. The fraction of sp³-hybridized carbons (Fsp3) is 0.333. The summed E-state index contributed by atoms with van der Waals surface area (Å²) in [5.41, 5.74) is 7.13. The van der Waals surface area contributed by atoms with Crippen LogP contribution in [0.1, 0.15) is 47.1 Å². The zero-order valence-electron chi connectivity index (χ0n) is 11.8. The number of hydrogen-bond acceptors (Lipinski definition) is 0. The van der Waals surface area contributed by atoms with Gasteiger partial charge in [-0.05, 0) is 49.4 Å². The van der Waals surface area contributed by atoms with Crippen molar-refractivity contribution in [2.75, 3.05) is 0 Å². The van der Waals surface area contributed by atoms with E-state index in [9.17, 15) is 0 Å². The summed E-state index contributed by atoms with van der Waals surface area (Å²) >= 11 is 0. The van der Waals surface area contributed by atoms with Gasteiger partial charge in [0, 0.05) is 5.92 Å². The summed E-state index contributed by atoms with van der Waals surface area (Å²) in [5, 5.41) is 0. The third-order valence-electron chi connectivity index (χ3n) is 3.70. The normalized spacial score (nSPS) is 12.4. The maximum absolute atomic E-state index is 2.30. The maximum atomic E-state index is 2.30. The van der Waals surface area contributed by atoms with Crippen molar-refractivity contribution in [3.63, 3.8) is 0 Å². The van der Waals surface area contributed by atoms with Gasteiger partial charge in [0.05, 0.1) is 0 Å². The van der Waals surface area contributed by atoms with Crippen LogP contribution in [0.2, 0.25) is 0 Å². The Hall–Kier alpha value is -1.56. The molecule has 18 heavy (non-hydrogen) atoms. The third-order valence-corrected chi connectivity index (χ3v) is 3.70. The monoisotopic (exact) mass is 238 g/mol. The van der Waals surface area contributed by atoms with E-state index in [1.165, 1.54) is 27.8 Å². The largest absolute Gasteiger partial charge is 0.0645 e. The molecule has 0 heterocycles. The molecule has 0 N–H and O–H groups in total. The standard InChI is InChI=1S/C18H22/c1-5-17(16-9-7-6-8-10-16)18-14(3)11-13(2)12-15(18)4/h6-12,17H,5H2,1-4H3. The topological polar surface area (TPSA) is 0 Å². The molecule has 0 spiro atoms. The van der Waals surface area contributed by atoms with Crippen LogP contribution in [-0.4, -0.2) is 0 Å². The van der Waals surface area contributed by atoms with Crippen LogP contribution in [0.3, 0.4) is 0 Å². The molecular weight excluding hydrogens is 216 g/mol. The highest BCUT2D eigenvalue weighted by atomic mass is 14.2. The molecule has 0 aliphatic carbocycles. The maximum Gasteiger partial charge on any atom is 0.00919 e. The third kappa shape index (κ3) is 2.48. The lowest BCUT2D eigenvalue weighted by Crippen LogP contribution is -2.05. The summed E-state index contributed by atoms with van der Waals surface area (Å²) in [6.07, 6.45) is 1.15.